The minimum atomic E-state index is -0.392. The maximum atomic E-state index is 13.6. The van der Waals surface area contributed by atoms with Gasteiger partial charge in [0.05, 0.1) is 17.7 Å². The number of nitriles is 1. The van der Waals surface area contributed by atoms with Crippen LogP contribution in [0.15, 0.2) is 42.5 Å². The summed E-state index contributed by atoms with van der Waals surface area (Å²) < 4.78 is 19.6. The predicted molar refractivity (Wildman–Crippen MR) is 109 cm³/mol. The first-order valence-electron chi connectivity index (χ1n) is 10.6. The number of carbonyl (C=O) groups excluding carboxylic acids is 1. The van der Waals surface area contributed by atoms with Gasteiger partial charge >= 0.3 is 6.09 Å². The lowest BCUT2D eigenvalue weighted by molar-refractivity contribution is -0.0462. The van der Waals surface area contributed by atoms with Crippen LogP contribution in [0.3, 0.4) is 0 Å². The Morgan fingerprint density at radius 1 is 1.10 bits per heavy atom. The molecule has 0 unspecified atom stereocenters. The van der Waals surface area contributed by atoms with E-state index >= 15 is 0 Å². The standard InChI is InChI=1S/C24H24FN3O2/c25-20-5-3-19(4-6-20)23-21-13-16(14-26)1-2-17(21)9-12-28(23)24(29)30-22-15-27-10-7-18(22)8-11-27/h1-6,13,18,22-23H,7-12,15H2/t22-,23+/m1/s1. The Kier molecular flexibility index (Phi) is 4.92. The van der Waals surface area contributed by atoms with Crippen molar-refractivity contribution in [3.63, 3.8) is 0 Å². The van der Waals surface area contributed by atoms with Crippen LogP contribution in [0.5, 0.6) is 0 Å². The Balaban J connectivity index is 1.47. The number of carbonyl (C=O) groups is 1. The molecule has 4 aliphatic heterocycles. The number of hydrogen-bond acceptors (Lipinski definition) is 4. The molecular formula is C24H24FN3O2. The molecule has 4 heterocycles. The van der Waals surface area contributed by atoms with E-state index in [0.29, 0.717) is 24.4 Å². The second-order valence-electron chi connectivity index (χ2n) is 8.48. The first kappa shape index (κ1) is 19.1. The minimum Gasteiger partial charge on any atom is -0.444 e. The highest BCUT2D eigenvalue weighted by Gasteiger charge is 2.39. The summed E-state index contributed by atoms with van der Waals surface area (Å²) in [4.78, 5) is 17.4. The van der Waals surface area contributed by atoms with Gasteiger partial charge in [-0.1, -0.05) is 18.2 Å². The van der Waals surface area contributed by atoms with Crippen molar-refractivity contribution in [1.29, 1.82) is 5.26 Å². The van der Waals surface area contributed by atoms with E-state index in [4.69, 9.17) is 4.74 Å². The van der Waals surface area contributed by atoms with Gasteiger partial charge in [0.25, 0.3) is 0 Å². The van der Waals surface area contributed by atoms with Gasteiger partial charge in [-0.25, -0.2) is 9.18 Å². The molecule has 0 saturated carbocycles. The lowest BCUT2D eigenvalue weighted by Gasteiger charge is -2.45. The second kappa shape index (κ2) is 7.73. The molecule has 0 aliphatic carbocycles. The molecule has 0 aromatic heterocycles. The number of halogens is 1. The van der Waals surface area contributed by atoms with Crippen molar-refractivity contribution in [3.8, 4) is 6.07 Å². The largest absolute Gasteiger partial charge is 0.444 e. The molecule has 6 heteroatoms. The third kappa shape index (κ3) is 3.44. The zero-order valence-corrected chi connectivity index (χ0v) is 16.8. The maximum absolute atomic E-state index is 13.6. The first-order chi connectivity index (χ1) is 14.6. The van der Waals surface area contributed by atoms with Crippen LogP contribution in [-0.2, 0) is 11.2 Å². The van der Waals surface area contributed by atoms with Gasteiger partial charge < -0.3 is 4.74 Å². The molecule has 3 saturated heterocycles. The zero-order valence-electron chi connectivity index (χ0n) is 16.8. The summed E-state index contributed by atoms with van der Waals surface area (Å²) in [5.41, 5.74) is 3.39. The lowest BCUT2D eigenvalue weighted by Crippen LogP contribution is -2.53. The summed E-state index contributed by atoms with van der Waals surface area (Å²) >= 11 is 0. The van der Waals surface area contributed by atoms with Crippen LogP contribution in [0.1, 0.15) is 41.1 Å². The van der Waals surface area contributed by atoms with Crippen LogP contribution >= 0.6 is 0 Å². The van der Waals surface area contributed by atoms with Gasteiger partial charge in [-0.15, -0.1) is 0 Å². The van der Waals surface area contributed by atoms with Gasteiger partial charge in [0.1, 0.15) is 11.9 Å². The highest BCUT2D eigenvalue weighted by molar-refractivity contribution is 5.70. The van der Waals surface area contributed by atoms with E-state index in [2.05, 4.69) is 11.0 Å². The van der Waals surface area contributed by atoms with Crippen LogP contribution in [0.4, 0.5) is 9.18 Å². The molecule has 0 N–H and O–H groups in total. The number of ether oxygens (including phenoxy) is 1. The quantitative estimate of drug-likeness (QED) is 0.761. The fourth-order valence-corrected chi connectivity index (χ4v) is 5.13. The van der Waals surface area contributed by atoms with Crippen LogP contribution < -0.4 is 0 Å². The Morgan fingerprint density at radius 3 is 2.53 bits per heavy atom. The third-order valence-electron chi connectivity index (χ3n) is 6.77. The average Bonchev–Trinajstić information content (AvgIpc) is 2.79. The lowest BCUT2D eigenvalue weighted by atomic mass is 9.86. The summed E-state index contributed by atoms with van der Waals surface area (Å²) in [5, 5.41) is 9.37. The van der Waals surface area contributed by atoms with Crippen molar-refractivity contribution < 1.29 is 13.9 Å². The summed E-state index contributed by atoms with van der Waals surface area (Å²) in [6.45, 7) is 3.51. The molecule has 2 bridgehead atoms. The minimum absolute atomic E-state index is 0.0688. The van der Waals surface area contributed by atoms with E-state index in [-0.39, 0.29) is 18.0 Å². The van der Waals surface area contributed by atoms with Gasteiger partial charge in [-0.05, 0) is 79.2 Å². The van der Waals surface area contributed by atoms with Gasteiger partial charge in [0.15, 0.2) is 0 Å². The Labute approximate surface area is 175 Å². The van der Waals surface area contributed by atoms with Crippen LogP contribution in [0, 0.1) is 23.1 Å². The molecule has 30 heavy (non-hydrogen) atoms. The zero-order chi connectivity index (χ0) is 20.7. The highest BCUT2D eigenvalue weighted by Crippen LogP contribution is 2.37. The average molecular weight is 405 g/mol. The van der Waals surface area contributed by atoms with E-state index in [9.17, 15) is 14.4 Å². The summed E-state index contributed by atoms with van der Waals surface area (Å²) in [5.74, 6) is 0.118. The van der Waals surface area contributed by atoms with Crippen molar-refractivity contribution in [2.75, 3.05) is 26.2 Å². The van der Waals surface area contributed by atoms with E-state index in [0.717, 1.165) is 49.2 Å². The van der Waals surface area contributed by atoms with Crippen molar-refractivity contribution in [3.05, 3.63) is 70.5 Å². The van der Waals surface area contributed by atoms with E-state index in [1.165, 1.54) is 12.1 Å². The number of amides is 1. The Bertz CT molecular complexity index is 993. The monoisotopic (exact) mass is 405 g/mol. The SMILES string of the molecule is N#Cc1ccc2c(c1)[C@H](c1ccc(F)cc1)N(C(=O)O[C@@H]1CN3CCC1CC3)CC2. The molecule has 2 aromatic rings. The Morgan fingerprint density at radius 2 is 1.87 bits per heavy atom. The normalized spacial score (nSPS) is 27.3. The van der Waals surface area contributed by atoms with Crippen molar-refractivity contribution in [2.45, 2.75) is 31.4 Å². The van der Waals surface area contributed by atoms with Gasteiger partial charge in [0, 0.05) is 13.1 Å². The summed E-state index contributed by atoms with van der Waals surface area (Å²) in [6.07, 6.45) is 2.46. The number of piperidine rings is 3. The highest BCUT2D eigenvalue weighted by atomic mass is 19.1. The molecular weight excluding hydrogens is 381 g/mol. The molecule has 1 amide bonds. The molecule has 6 rings (SSSR count). The molecule has 5 nitrogen and oxygen atoms in total. The number of rotatable bonds is 2. The van der Waals surface area contributed by atoms with E-state index in [1.807, 2.05) is 18.2 Å². The van der Waals surface area contributed by atoms with Crippen LogP contribution in [0.25, 0.3) is 0 Å². The van der Waals surface area contributed by atoms with Crippen molar-refractivity contribution in [2.24, 2.45) is 5.92 Å². The molecule has 3 fully saturated rings. The van der Waals surface area contributed by atoms with Crippen LogP contribution in [0.2, 0.25) is 0 Å². The molecule has 0 radical (unpaired) electrons. The van der Waals surface area contributed by atoms with Crippen molar-refractivity contribution >= 4 is 6.09 Å². The first-order valence-corrected chi connectivity index (χ1v) is 10.6. The fraction of sp³-hybridized carbons (Fsp3) is 0.417. The number of fused-ring (bicyclic) bond motifs is 4. The molecule has 2 atom stereocenters. The van der Waals surface area contributed by atoms with Gasteiger partial charge in [-0.3, -0.25) is 9.80 Å². The van der Waals surface area contributed by atoms with E-state index < -0.39 is 6.04 Å². The number of hydrogen-bond donors (Lipinski definition) is 0. The topological polar surface area (TPSA) is 56.6 Å². The third-order valence-corrected chi connectivity index (χ3v) is 6.77. The fourth-order valence-electron chi connectivity index (χ4n) is 5.13. The summed E-state index contributed by atoms with van der Waals surface area (Å²) in [7, 11) is 0. The number of benzene rings is 2. The predicted octanol–water partition coefficient (Wildman–Crippen LogP) is 3.88. The molecule has 154 valence electrons. The van der Waals surface area contributed by atoms with Crippen LogP contribution in [-0.4, -0.2) is 48.2 Å². The molecule has 4 aliphatic rings. The smallest absolute Gasteiger partial charge is 0.410 e. The van der Waals surface area contributed by atoms with Crippen molar-refractivity contribution in [1.82, 2.24) is 9.80 Å². The van der Waals surface area contributed by atoms with E-state index in [1.54, 1.807) is 17.0 Å². The second-order valence-corrected chi connectivity index (χ2v) is 8.48. The van der Waals surface area contributed by atoms with Gasteiger partial charge in [-0.2, -0.15) is 5.26 Å². The molecule has 2 aromatic carbocycles. The number of nitrogens with zero attached hydrogens (tertiary/aromatic N) is 3. The maximum Gasteiger partial charge on any atom is 0.410 e. The van der Waals surface area contributed by atoms with Gasteiger partial charge in [0.2, 0.25) is 0 Å². The summed E-state index contributed by atoms with van der Waals surface area (Å²) in [6, 6.07) is 13.6. The Hall–Kier alpha value is -2.91. The molecule has 0 spiro atoms.